The zero-order valence-electron chi connectivity index (χ0n) is 32.4. The molecule has 3 heterocycles. The first-order chi connectivity index (χ1) is 29.7. The summed E-state index contributed by atoms with van der Waals surface area (Å²) < 4.78 is 14.9. The second kappa shape index (κ2) is 13.8. The molecule has 0 saturated heterocycles. The Morgan fingerprint density at radius 2 is 0.967 bits per heavy atom. The Hall–Kier alpha value is -8.15. The molecule has 5 heteroatoms. The monoisotopic (exact) mass is 769 g/mol. The van der Waals surface area contributed by atoms with Crippen LogP contribution in [0, 0.1) is 0 Å². The van der Waals surface area contributed by atoms with Crippen molar-refractivity contribution in [1.82, 2.24) is 9.55 Å². The maximum absolute atomic E-state index is 6.35. The lowest BCUT2D eigenvalue weighted by atomic mass is 10.0. The number of hydrogen-bond donors (Lipinski definition) is 0. The highest BCUT2D eigenvalue weighted by Gasteiger charge is 2.22. The van der Waals surface area contributed by atoms with E-state index in [1.54, 1.807) is 0 Å². The van der Waals surface area contributed by atoms with Crippen molar-refractivity contribution in [3.05, 3.63) is 212 Å². The number of nitrogens with zero attached hydrogens (tertiary/aromatic N) is 3. The van der Waals surface area contributed by atoms with Gasteiger partial charge in [0.1, 0.15) is 16.7 Å². The van der Waals surface area contributed by atoms with Crippen LogP contribution in [-0.2, 0) is 0 Å². The van der Waals surface area contributed by atoms with Crippen molar-refractivity contribution >= 4 is 71.9 Å². The number of anilines is 3. The molecule has 0 aliphatic rings. The summed E-state index contributed by atoms with van der Waals surface area (Å²) in [5, 5.41) is 4.47. The van der Waals surface area contributed by atoms with Crippen LogP contribution in [-0.4, -0.2) is 9.55 Å². The molecule has 60 heavy (non-hydrogen) atoms. The molecular formula is C55H35N3O2. The predicted octanol–water partition coefficient (Wildman–Crippen LogP) is 15.3. The summed E-state index contributed by atoms with van der Waals surface area (Å²) in [5.74, 6) is 0.599. The predicted molar refractivity (Wildman–Crippen MR) is 247 cm³/mol. The van der Waals surface area contributed by atoms with Crippen LogP contribution >= 0.6 is 0 Å². The highest BCUT2D eigenvalue weighted by Crippen LogP contribution is 2.44. The van der Waals surface area contributed by atoms with Crippen molar-refractivity contribution in [3.63, 3.8) is 0 Å². The third kappa shape index (κ3) is 5.59. The van der Waals surface area contributed by atoms with Crippen LogP contribution in [0.2, 0.25) is 0 Å². The van der Waals surface area contributed by atoms with Gasteiger partial charge in [0.15, 0.2) is 5.58 Å². The molecule has 3 aromatic heterocycles. The second-order valence-corrected chi connectivity index (χ2v) is 15.2. The normalized spacial score (nSPS) is 11.7. The highest BCUT2D eigenvalue weighted by atomic mass is 16.4. The zero-order chi connectivity index (χ0) is 39.6. The number of rotatable bonds is 7. The Balaban J connectivity index is 0.989. The Morgan fingerprint density at radius 3 is 1.70 bits per heavy atom. The average Bonchev–Trinajstić information content (AvgIpc) is 4.01. The Bertz CT molecular complexity index is 3510. The van der Waals surface area contributed by atoms with Crippen LogP contribution in [0.1, 0.15) is 0 Å². The Labute approximate surface area is 345 Å². The van der Waals surface area contributed by atoms with Crippen molar-refractivity contribution in [1.29, 1.82) is 0 Å². The van der Waals surface area contributed by atoms with Gasteiger partial charge in [-0.3, -0.25) is 0 Å². The van der Waals surface area contributed by atoms with Gasteiger partial charge in [-0.1, -0.05) is 127 Å². The third-order valence-electron chi connectivity index (χ3n) is 11.6. The molecule has 0 N–H and O–H groups in total. The summed E-state index contributed by atoms with van der Waals surface area (Å²) in [7, 11) is 0. The van der Waals surface area contributed by atoms with E-state index in [1.165, 1.54) is 27.4 Å². The van der Waals surface area contributed by atoms with E-state index in [0.29, 0.717) is 11.5 Å². The Kier molecular flexibility index (Phi) is 7.78. The summed E-state index contributed by atoms with van der Waals surface area (Å²) in [4.78, 5) is 7.22. The van der Waals surface area contributed by atoms with Gasteiger partial charge in [0.05, 0.1) is 16.7 Å². The van der Waals surface area contributed by atoms with Gasteiger partial charge >= 0.3 is 0 Å². The van der Waals surface area contributed by atoms with Crippen LogP contribution in [0.4, 0.5) is 17.1 Å². The fourth-order valence-electron chi connectivity index (χ4n) is 8.77. The lowest BCUT2D eigenvalue weighted by Crippen LogP contribution is -2.11. The first-order valence-electron chi connectivity index (χ1n) is 20.2. The van der Waals surface area contributed by atoms with E-state index in [0.717, 1.165) is 72.4 Å². The fourth-order valence-corrected chi connectivity index (χ4v) is 8.77. The lowest BCUT2D eigenvalue weighted by Gasteiger charge is -2.27. The van der Waals surface area contributed by atoms with Crippen LogP contribution in [0.5, 0.6) is 0 Å². The average molecular weight is 770 g/mol. The number of oxazole rings is 1. The minimum atomic E-state index is 0.599. The molecule has 0 aliphatic heterocycles. The zero-order valence-corrected chi connectivity index (χ0v) is 32.4. The number of benzene rings is 9. The van der Waals surface area contributed by atoms with Crippen molar-refractivity contribution in [2.45, 2.75) is 0 Å². The summed E-state index contributed by atoms with van der Waals surface area (Å²) in [6.07, 6.45) is 0. The van der Waals surface area contributed by atoms with Gasteiger partial charge in [-0.05, 0) is 101 Å². The highest BCUT2D eigenvalue weighted by molar-refractivity contribution is 6.14. The van der Waals surface area contributed by atoms with Crippen molar-refractivity contribution in [2.24, 2.45) is 0 Å². The van der Waals surface area contributed by atoms with Gasteiger partial charge in [-0.2, -0.15) is 0 Å². The third-order valence-corrected chi connectivity index (χ3v) is 11.6. The van der Waals surface area contributed by atoms with Crippen LogP contribution in [0.3, 0.4) is 0 Å². The minimum absolute atomic E-state index is 0.599. The van der Waals surface area contributed by atoms with E-state index < -0.39 is 0 Å². The molecule has 0 spiro atoms. The van der Waals surface area contributed by atoms with E-state index in [9.17, 15) is 0 Å². The molecule has 0 fully saturated rings. The van der Waals surface area contributed by atoms with Gasteiger partial charge in [0, 0.05) is 50.2 Å². The number of fused-ring (bicyclic) bond motifs is 7. The molecule has 12 rings (SSSR count). The van der Waals surface area contributed by atoms with Gasteiger partial charge < -0.3 is 18.3 Å². The molecule has 0 unspecified atom stereocenters. The van der Waals surface area contributed by atoms with Crippen molar-refractivity contribution in [2.75, 3.05) is 4.90 Å². The van der Waals surface area contributed by atoms with Gasteiger partial charge in [-0.25, -0.2) is 4.98 Å². The van der Waals surface area contributed by atoms with Crippen molar-refractivity contribution < 1.29 is 8.83 Å². The number of para-hydroxylation sites is 3. The Morgan fingerprint density at radius 1 is 0.383 bits per heavy atom. The largest absolute Gasteiger partial charge is 0.456 e. The molecule has 0 atom stereocenters. The lowest BCUT2D eigenvalue weighted by molar-refractivity contribution is 0.617. The fraction of sp³-hybridized carbons (Fsp3) is 0. The smallest absolute Gasteiger partial charge is 0.227 e. The number of hydrogen-bond acceptors (Lipinski definition) is 4. The maximum atomic E-state index is 6.35. The molecule has 5 nitrogen and oxygen atoms in total. The molecule has 0 saturated carbocycles. The van der Waals surface area contributed by atoms with Crippen molar-refractivity contribution in [3.8, 4) is 39.4 Å². The van der Waals surface area contributed by atoms with Crippen LogP contribution in [0.15, 0.2) is 221 Å². The molecule has 282 valence electrons. The van der Waals surface area contributed by atoms with Gasteiger partial charge in [0.2, 0.25) is 5.89 Å². The molecule has 9 aromatic carbocycles. The first kappa shape index (κ1) is 33.9. The summed E-state index contributed by atoms with van der Waals surface area (Å²) in [6, 6.07) is 74.8. The van der Waals surface area contributed by atoms with Crippen LogP contribution < -0.4 is 4.90 Å². The molecular weight excluding hydrogens is 735 g/mol. The number of furan rings is 1. The molecule has 0 amide bonds. The van der Waals surface area contributed by atoms with E-state index in [2.05, 4.69) is 185 Å². The second-order valence-electron chi connectivity index (χ2n) is 15.2. The molecule has 0 aliphatic carbocycles. The molecule has 0 radical (unpaired) electrons. The SMILES string of the molecule is c1ccc(-c2ccc(N(c3ccc(-c4ccc5oc6cc7oc(-c8ccccc8)nc7cc6c5c4)cc3)c3cccc4c5ccccc5n(-c5ccccc5)c34)cc2)cc1. The van der Waals surface area contributed by atoms with Gasteiger partial charge in [-0.15, -0.1) is 0 Å². The summed E-state index contributed by atoms with van der Waals surface area (Å²) >= 11 is 0. The number of aromatic nitrogens is 2. The van der Waals surface area contributed by atoms with E-state index in [4.69, 9.17) is 13.8 Å². The van der Waals surface area contributed by atoms with E-state index >= 15 is 0 Å². The minimum Gasteiger partial charge on any atom is -0.456 e. The molecule has 0 bridgehead atoms. The van der Waals surface area contributed by atoms with Crippen LogP contribution in [0.25, 0.3) is 94.2 Å². The van der Waals surface area contributed by atoms with Gasteiger partial charge in [0.25, 0.3) is 0 Å². The summed E-state index contributed by atoms with van der Waals surface area (Å²) in [6.45, 7) is 0. The maximum Gasteiger partial charge on any atom is 0.227 e. The summed E-state index contributed by atoms with van der Waals surface area (Å²) in [5.41, 5.74) is 15.3. The molecule has 12 aromatic rings. The first-order valence-corrected chi connectivity index (χ1v) is 20.2. The van der Waals surface area contributed by atoms with E-state index in [1.807, 2.05) is 36.4 Å². The standard InChI is InChI=1S/C55H35N3O2/c1-4-13-36(14-5-1)37-23-28-42(29-24-37)57(50-22-12-20-45-44-19-10-11-21-49(44)58(54(45)50)41-17-8-3-9-18-41)43-30-25-38(26-31-43)40-27-32-51-46(33-40)47-34-48-53(35-52(47)59-51)60-55(56-48)39-15-6-2-7-16-39/h1-35H. The quantitative estimate of drug-likeness (QED) is 0.162. The van der Waals surface area contributed by atoms with E-state index in [-0.39, 0.29) is 0 Å². The topological polar surface area (TPSA) is 47.3 Å².